The summed E-state index contributed by atoms with van der Waals surface area (Å²) >= 11 is 1.41. The number of allylic oxidation sites excluding steroid dienone is 1. The highest BCUT2D eigenvalue weighted by Crippen LogP contribution is 2.25. The maximum Gasteiger partial charge on any atom is 0.250 e. The number of fused-ring (bicyclic) bond motifs is 1. The summed E-state index contributed by atoms with van der Waals surface area (Å²) in [6, 6.07) is 26.4. The molecule has 0 unspecified atom stereocenters. The number of para-hydroxylation sites is 2. The first kappa shape index (κ1) is 21.6. The third-order valence-corrected chi connectivity index (χ3v) is 5.83. The zero-order valence-corrected chi connectivity index (χ0v) is 18.6. The van der Waals surface area contributed by atoms with E-state index in [1.807, 2.05) is 54.6 Å². The number of hydrogen-bond acceptors (Lipinski definition) is 4. The van der Waals surface area contributed by atoms with Crippen LogP contribution < -0.4 is 5.43 Å². The number of rotatable bonds is 8. The van der Waals surface area contributed by atoms with Crippen molar-refractivity contribution in [2.75, 3.05) is 5.75 Å². The van der Waals surface area contributed by atoms with Crippen LogP contribution in [-0.2, 0) is 11.3 Å². The van der Waals surface area contributed by atoms with Crippen LogP contribution in [-0.4, -0.2) is 27.4 Å². The second-order valence-corrected chi connectivity index (χ2v) is 8.27. The van der Waals surface area contributed by atoms with Crippen LogP contribution in [0.25, 0.3) is 17.1 Å². The molecule has 4 rings (SSSR count). The number of nitrogens with zero attached hydrogens (tertiary/aromatic N) is 3. The van der Waals surface area contributed by atoms with Crippen LogP contribution in [0.15, 0.2) is 95.2 Å². The first-order valence-electron chi connectivity index (χ1n) is 10.4. The number of hydrazone groups is 1. The Balaban J connectivity index is 1.39. The Labute approximate surface area is 191 Å². The molecule has 0 radical (unpaired) electrons. The molecule has 0 bridgehead atoms. The van der Waals surface area contributed by atoms with Crippen molar-refractivity contribution in [3.63, 3.8) is 0 Å². The lowest BCUT2D eigenvalue weighted by Crippen LogP contribution is -2.19. The van der Waals surface area contributed by atoms with Gasteiger partial charge in [0.1, 0.15) is 0 Å². The molecule has 1 heterocycles. The van der Waals surface area contributed by atoms with Gasteiger partial charge in [-0.3, -0.25) is 4.79 Å². The van der Waals surface area contributed by atoms with Gasteiger partial charge in [0.2, 0.25) is 0 Å². The van der Waals surface area contributed by atoms with E-state index in [9.17, 15) is 4.79 Å². The smallest absolute Gasteiger partial charge is 0.250 e. The standard InChI is InChI=1S/C26H24N4OS/c1-20-13-15-22(16-14-20)18-30-24-12-6-5-11-23(24)28-26(30)32-19-25(31)29-27-17-7-10-21-8-3-2-4-9-21/h2-17H,18-19H2,1H3,(H,29,31)/b10-7+,27-17+. The van der Waals surface area contributed by atoms with Gasteiger partial charge in [-0.25, -0.2) is 10.4 Å². The Hall–Kier alpha value is -3.64. The summed E-state index contributed by atoms with van der Waals surface area (Å²) in [7, 11) is 0. The molecule has 0 aliphatic heterocycles. The molecule has 5 nitrogen and oxygen atoms in total. The molecule has 0 fully saturated rings. The molecular weight excluding hydrogens is 416 g/mol. The number of imidazole rings is 1. The van der Waals surface area contributed by atoms with E-state index >= 15 is 0 Å². The molecule has 0 spiro atoms. The summed E-state index contributed by atoms with van der Waals surface area (Å²) in [6.45, 7) is 2.78. The quantitative estimate of drug-likeness (QED) is 0.230. The molecule has 0 aliphatic carbocycles. The predicted molar refractivity (Wildman–Crippen MR) is 133 cm³/mol. The Morgan fingerprint density at radius 2 is 1.78 bits per heavy atom. The zero-order chi connectivity index (χ0) is 22.2. The van der Waals surface area contributed by atoms with Gasteiger partial charge in [-0.15, -0.1) is 0 Å². The summed E-state index contributed by atoms with van der Waals surface area (Å²) in [5, 5.41) is 4.80. The number of carbonyl (C=O) groups is 1. The third kappa shape index (κ3) is 5.74. The van der Waals surface area contributed by atoms with Gasteiger partial charge in [-0.2, -0.15) is 5.10 Å². The summed E-state index contributed by atoms with van der Waals surface area (Å²) in [6.07, 6.45) is 5.30. The molecule has 0 saturated heterocycles. The summed E-state index contributed by atoms with van der Waals surface area (Å²) < 4.78 is 2.16. The molecule has 6 heteroatoms. The van der Waals surface area contributed by atoms with E-state index in [4.69, 9.17) is 4.98 Å². The van der Waals surface area contributed by atoms with Crippen LogP contribution in [0.3, 0.4) is 0 Å². The summed E-state index contributed by atoms with van der Waals surface area (Å²) in [5.41, 5.74) is 8.05. The van der Waals surface area contributed by atoms with Gasteiger partial charge in [0.15, 0.2) is 5.16 Å². The topological polar surface area (TPSA) is 59.3 Å². The van der Waals surface area contributed by atoms with Gasteiger partial charge in [0, 0.05) is 6.21 Å². The van der Waals surface area contributed by atoms with E-state index in [2.05, 4.69) is 52.3 Å². The molecule has 3 aromatic carbocycles. The van der Waals surface area contributed by atoms with Crippen LogP contribution in [0.5, 0.6) is 0 Å². The minimum absolute atomic E-state index is 0.173. The molecule has 160 valence electrons. The van der Waals surface area contributed by atoms with Gasteiger partial charge in [0.05, 0.1) is 23.3 Å². The Morgan fingerprint density at radius 1 is 1.03 bits per heavy atom. The number of thioether (sulfide) groups is 1. The maximum atomic E-state index is 12.3. The van der Waals surface area contributed by atoms with Gasteiger partial charge >= 0.3 is 0 Å². The van der Waals surface area contributed by atoms with Crippen molar-refractivity contribution in [3.05, 3.63) is 102 Å². The highest BCUT2D eigenvalue weighted by molar-refractivity contribution is 7.99. The van der Waals surface area contributed by atoms with Crippen LogP contribution in [0.4, 0.5) is 0 Å². The number of hydrogen-bond donors (Lipinski definition) is 1. The van der Waals surface area contributed by atoms with E-state index in [-0.39, 0.29) is 11.7 Å². The number of amides is 1. The van der Waals surface area contributed by atoms with Crippen molar-refractivity contribution >= 4 is 41.0 Å². The largest absolute Gasteiger partial charge is 0.314 e. The first-order chi connectivity index (χ1) is 15.7. The van der Waals surface area contributed by atoms with Crippen molar-refractivity contribution in [2.24, 2.45) is 5.10 Å². The Kier molecular flexibility index (Phi) is 7.15. The number of aromatic nitrogens is 2. The van der Waals surface area contributed by atoms with E-state index in [0.29, 0.717) is 6.54 Å². The lowest BCUT2D eigenvalue weighted by molar-refractivity contribution is -0.118. The first-order valence-corrected chi connectivity index (χ1v) is 11.3. The Morgan fingerprint density at radius 3 is 2.59 bits per heavy atom. The van der Waals surface area contributed by atoms with E-state index in [0.717, 1.165) is 21.8 Å². The third-order valence-electron chi connectivity index (χ3n) is 4.85. The minimum atomic E-state index is -0.173. The monoisotopic (exact) mass is 440 g/mol. The second kappa shape index (κ2) is 10.6. The fourth-order valence-corrected chi connectivity index (χ4v) is 4.03. The average molecular weight is 441 g/mol. The maximum absolute atomic E-state index is 12.3. The molecular formula is C26H24N4OS. The number of benzene rings is 3. The van der Waals surface area contributed by atoms with Crippen LogP contribution >= 0.6 is 11.8 Å². The van der Waals surface area contributed by atoms with Crippen molar-refractivity contribution in [2.45, 2.75) is 18.6 Å². The van der Waals surface area contributed by atoms with Crippen molar-refractivity contribution in [1.29, 1.82) is 0 Å². The number of aryl methyl sites for hydroxylation is 1. The van der Waals surface area contributed by atoms with Crippen LogP contribution in [0.1, 0.15) is 16.7 Å². The summed E-state index contributed by atoms with van der Waals surface area (Å²) in [5.74, 6) is 0.0602. The summed E-state index contributed by atoms with van der Waals surface area (Å²) in [4.78, 5) is 17.0. The van der Waals surface area contributed by atoms with E-state index < -0.39 is 0 Å². The molecule has 1 aromatic heterocycles. The van der Waals surface area contributed by atoms with Crippen LogP contribution in [0, 0.1) is 6.92 Å². The van der Waals surface area contributed by atoms with E-state index in [1.54, 1.807) is 12.3 Å². The highest BCUT2D eigenvalue weighted by atomic mass is 32.2. The lowest BCUT2D eigenvalue weighted by atomic mass is 10.1. The SMILES string of the molecule is Cc1ccc(Cn2c(SCC(=O)N/N=C/C=C/c3ccccc3)nc3ccccc32)cc1. The molecule has 0 atom stereocenters. The molecule has 0 saturated carbocycles. The minimum Gasteiger partial charge on any atom is -0.314 e. The second-order valence-electron chi connectivity index (χ2n) is 7.33. The molecule has 4 aromatic rings. The predicted octanol–water partition coefficient (Wildman–Crippen LogP) is 5.30. The molecule has 1 N–H and O–H groups in total. The van der Waals surface area contributed by atoms with Gasteiger partial charge < -0.3 is 4.57 Å². The van der Waals surface area contributed by atoms with Crippen molar-refractivity contribution in [1.82, 2.24) is 15.0 Å². The number of nitrogens with one attached hydrogen (secondary N) is 1. The van der Waals surface area contributed by atoms with Crippen molar-refractivity contribution in [3.8, 4) is 0 Å². The average Bonchev–Trinajstić information content (AvgIpc) is 3.17. The molecule has 32 heavy (non-hydrogen) atoms. The fraction of sp³-hybridized carbons (Fsp3) is 0.115. The van der Waals surface area contributed by atoms with Crippen LogP contribution in [0.2, 0.25) is 0 Å². The van der Waals surface area contributed by atoms with Gasteiger partial charge in [-0.05, 0) is 36.3 Å². The lowest BCUT2D eigenvalue weighted by Gasteiger charge is -2.09. The number of carbonyl (C=O) groups excluding carboxylic acids is 1. The van der Waals surface area contributed by atoms with Gasteiger partial charge in [-0.1, -0.05) is 90.1 Å². The van der Waals surface area contributed by atoms with Crippen molar-refractivity contribution < 1.29 is 4.79 Å². The molecule has 1 amide bonds. The molecule has 0 aliphatic rings. The normalized spacial score (nSPS) is 11.5. The Bertz CT molecular complexity index is 1240. The fourth-order valence-electron chi connectivity index (χ4n) is 3.23. The van der Waals surface area contributed by atoms with E-state index in [1.165, 1.54) is 22.9 Å². The highest BCUT2D eigenvalue weighted by Gasteiger charge is 2.13. The van der Waals surface area contributed by atoms with Gasteiger partial charge in [0.25, 0.3) is 5.91 Å². The zero-order valence-electron chi connectivity index (χ0n) is 17.8.